The third-order valence-electron chi connectivity index (χ3n) is 2.82. The number of methoxy groups -OCH3 is 1. The van der Waals surface area contributed by atoms with Gasteiger partial charge in [0.15, 0.2) is 0 Å². The summed E-state index contributed by atoms with van der Waals surface area (Å²) in [6.07, 6.45) is 3.13. The van der Waals surface area contributed by atoms with Gasteiger partial charge >= 0.3 is 0 Å². The molecule has 1 atom stereocenters. The second-order valence-electron chi connectivity index (χ2n) is 4.21. The predicted molar refractivity (Wildman–Crippen MR) is 59.4 cm³/mol. The van der Waals surface area contributed by atoms with Crippen molar-refractivity contribution in [3.8, 4) is 0 Å². The predicted octanol–water partition coefficient (Wildman–Crippen LogP) is 0.609. The van der Waals surface area contributed by atoms with E-state index in [2.05, 4.69) is 0 Å². The first-order valence-corrected chi connectivity index (χ1v) is 5.72. The molecule has 0 radical (unpaired) electrons. The molecule has 1 saturated carbocycles. The van der Waals surface area contributed by atoms with Crippen molar-refractivity contribution < 1.29 is 9.53 Å². The van der Waals surface area contributed by atoms with E-state index >= 15 is 0 Å². The van der Waals surface area contributed by atoms with Crippen LogP contribution in [0.5, 0.6) is 0 Å². The number of carbonyl (C=O) groups is 1. The maximum absolute atomic E-state index is 11.9. The molecule has 88 valence electrons. The number of amides is 1. The number of likely N-dealkylation sites (N-methyl/N-ethyl adjacent to an activating group) is 1. The van der Waals surface area contributed by atoms with Crippen molar-refractivity contribution in [3.05, 3.63) is 0 Å². The minimum absolute atomic E-state index is 0.0708. The summed E-state index contributed by atoms with van der Waals surface area (Å²) in [5.74, 6) is 0.796. The molecule has 0 aliphatic heterocycles. The summed E-state index contributed by atoms with van der Waals surface area (Å²) < 4.78 is 4.92. The van der Waals surface area contributed by atoms with Crippen LogP contribution in [-0.4, -0.2) is 43.7 Å². The van der Waals surface area contributed by atoms with Gasteiger partial charge in [0.1, 0.15) is 0 Å². The van der Waals surface area contributed by atoms with Gasteiger partial charge in [0.25, 0.3) is 0 Å². The molecular formula is C11H22N2O2. The lowest BCUT2D eigenvalue weighted by molar-refractivity contribution is -0.133. The van der Waals surface area contributed by atoms with Crippen LogP contribution in [0.1, 0.15) is 26.2 Å². The van der Waals surface area contributed by atoms with Crippen molar-refractivity contribution >= 4 is 5.91 Å². The first-order chi connectivity index (χ1) is 7.19. The van der Waals surface area contributed by atoms with Gasteiger partial charge in [-0.1, -0.05) is 0 Å². The minimum Gasteiger partial charge on any atom is -0.385 e. The molecule has 15 heavy (non-hydrogen) atoms. The Morgan fingerprint density at radius 1 is 1.60 bits per heavy atom. The zero-order chi connectivity index (χ0) is 11.3. The van der Waals surface area contributed by atoms with Crippen LogP contribution in [0.2, 0.25) is 0 Å². The van der Waals surface area contributed by atoms with Crippen LogP contribution in [0, 0.1) is 5.92 Å². The summed E-state index contributed by atoms with van der Waals surface area (Å²) in [7, 11) is 1.62. The van der Waals surface area contributed by atoms with Crippen LogP contribution < -0.4 is 5.73 Å². The molecule has 4 heteroatoms. The van der Waals surface area contributed by atoms with Crippen molar-refractivity contribution in [2.24, 2.45) is 11.7 Å². The van der Waals surface area contributed by atoms with E-state index in [1.54, 1.807) is 7.11 Å². The summed E-state index contributed by atoms with van der Waals surface area (Å²) in [5.41, 5.74) is 5.80. The average Bonchev–Trinajstić information content (AvgIpc) is 3.05. The van der Waals surface area contributed by atoms with Crippen molar-refractivity contribution in [2.75, 3.05) is 26.8 Å². The van der Waals surface area contributed by atoms with Gasteiger partial charge in [-0.05, 0) is 32.1 Å². The highest BCUT2D eigenvalue weighted by molar-refractivity contribution is 5.81. The zero-order valence-corrected chi connectivity index (χ0v) is 9.74. The van der Waals surface area contributed by atoms with Gasteiger partial charge in [-0.2, -0.15) is 0 Å². The normalized spacial score (nSPS) is 17.5. The lowest BCUT2D eigenvalue weighted by atomic mass is 10.2. The molecule has 1 fully saturated rings. The molecule has 0 saturated heterocycles. The van der Waals surface area contributed by atoms with Crippen LogP contribution >= 0.6 is 0 Å². The lowest BCUT2D eigenvalue weighted by Crippen LogP contribution is -2.45. The second kappa shape index (κ2) is 6.08. The van der Waals surface area contributed by atoms with E-state index in [1.165, 1.54) is 12.8 Å². The van der Waals surface area contributed by atoms with E-state index in [0.29, 0.717) is 13.0 Å². The molecule has 0 aromatic rings. The highest BCUT2D eigenvalue weighted by Crippen LogP contribution is 2.29. The molecule has 1 amide bonds. The third-order valence-corrected chi connectivity index (χ3v) is 2.82. The number of rotatable bonds is 7. The molecule has 1 rings (SSSR count). The van der Waals surface area contributed by atoms with E-state index in [0.717, 1.165) is 19.0 Å². The molecule has 0 aromatic carbocycles. The maximum atomic E-state index is 11.9. The van der Waals surface area contributed by atoms with Crippen molar-refractivity contribution in [2.45, 2.75) is 32.2 Å². The number of hydrogen-bond acceptors (Lipinski definition) is 3. The van der Waals surface area contributed by atoms with Crippen LogP contribution in [0.15, 0.2) is 0 Å². The molecule has 1 unspecified atom stereocenters. The Morgan fingerprint density at radius 2 is 2.27 bits per heavy atom. The Kier molecular flexibility index (Phi) is 5.05. The highest BCUT2D eigenvalue weighted by atomic mass is 16.5. The largest absolute Gasteiger partial charge is 0.385 e. The van der Waals surface area contributed by atoms with E-state index in [9.17, 15) is 4.79 Å². The summed E-state index contributed by atoms with van der Waals surface area (Å²) in [6, 6.07) is -0.399. The monoisotopic (exact) mass is 214 g/mol. The zero-order valence-electron chi connectivity index (χ0n) is 9.74. The van der Waals surface area contributed by atoms with Crippen LogP contribution in [-0.2, 0) is 9.53 Å². The van der Waals surface area contributed by atoms with Gasteiger partial charge in [0.2, 0.25) is 5.91 Å². The van der Waals surface area contributed by atoms with E-state index in [-0.39, 0.29) is 5.91 Å². The lowest BCUT2D eigenvalue weighted by Gasteiger charge is -2.24. The smallest absolute Gasteiger partial charge is 0.239 e. The molecule has 1 aliphatic rings. The Hall–Kier alpha value is -0.610. The maximum Gasteiger partial charge on any atom is 0.239 e. The number of hydrogen-bond donors (Lipinski definition) is 1. The topological polar surface area (TPSA) is 55.6 Å². The molecular weight excluding hydrogens is 192 g/mol. The molecule has 0 bridgehead atoms. The van der Waals surface area contributed by atoms with Crippen LogP contribution in [0.4, 0.5) is 0 Å². The molecule has 1 aliphatic carbocycles. The fourth-order valence-corrected chi connectivity index (χ4v) is 1.59. The van der Waals surface area contributed by atoms with E-state index in [1.807, 2.05) is 11.8 Å². The van der Waals surface area contributed by atoms with Gasteiger partial charge in [-0.15, -0.1) is 0 Å². The SMILES string of the molecule is CCN(CC1CC1)C(=O)C(N)CCOC. The van der Waals surface area contributed by atoms with E-state index < -0.39 is 6.04 Å². The van der Waals surface area contributed by atoms with Crippen molar-refractivity contribution in [1.82, 2.24) is 4.90 Å². The fourth-order valence-electron chi connectivity index (χ4n) is 1.59. The Morgan fingerprint density at radius 3 is 2.73 bits per heavy atom. The molecule has 2 N–H and O–H groups in total. The average molecular weight is 214 g/mol. The molecule has 0 heterocycles. The Bertz CT molecular complexity index is 205. The van der Waals surface area contributed by atoms with Gasteiger partial charge in [0.05, 0.1) is 6.04 Å². The number of carbonyl (C=O) groups excluding carboxylic acids is 1. The van der Waals surface area contributed by atoms with Gasteiger partial charge < -0.3 is 15.4 Å². The quantitative estimate of drug-likeness (QED) is 0.675. The van der Waals surface area contributed by atoms with E-state index in [4.69, 9.17) is 10.5 Å². The first-order valence-electron chi connectivity index (χ1n) is 5.72. The second-order valence-corrected chi connectivity index (χ2v) is 4.21. The number of nitrogens with zero attached hydrogens (tertiary/aromatic N) is 1. The minimum atomic E-state index is -0.399. The van der Waals surface area contributed by atoms with Gasteiger partial charge in [-0.25, -0.2) is 0 Å². The number of ether oxygens (including phenoxy) is 1. The molecule has 4 nitrogen and oxygen atoms in total. The fraction of sp³-hybridized carbons (Fsp3) is 0.909. The van der Waals surface area contributed by atoms with Crippen LogP contribution in [0.25, 0.3) is 0 Å². The molecule has 0 spiro atoms. The van der Waals surface area contributed by atoms with Crippen LogP contribution in [0.3, 0.4) is 0 Å². The van der Waals surface area contributed by atoms with Gasteiger partial charge in [-0.3, -0.25) is 4.79 Å². The summed E-state index contributed by atoms with van der Waals surface area (Å²) in [6.45, 7) is 4.20. The summed E-state index contributed by atoms with van der Waals surface area (Å²) >= 11 is 0. The van der Waals surface area contributed by atoms with Crippen molar-refractivity contribution in [1.29, 1.82) is 0 Å². The Labute approximate surface area is 91.8 Å². The van der Waals surface area contributed by atoms with Crippen molar-refractivity contribution in [3.63, 3.8) is 0 Å². The standard InChI is InChI=1S/C11H22N2O2/c1-3-13(8-9-4-5-9)11(14)10(12)6-7-15-2/h9-10H,3-8,12H2,1-2H3. The number of nitrogens with two attached hydrogens (primary N) is 1. The first kappa shape index (κ1) is 12.5. The third kappa shape index (κ3) is 4.18. The Balaban J connectivity index is 2.32. The summed E-state index contributed by atoms with van der Waals surface area (Å²) in [4.78, 5) is 13.8. The highest BCUT2D eigenvalue weighted by Gasteiger charge is 2.27. The molecule has 0 aromatic heterocycles. The summed E-state index contributed by atoms with van der Waals surface area (Å²) in [5, 5.41) is 0. The van der Waals surface area contributed by atoms with Gasteiger partial charge in [0, 0.05) is 26.8 Å².